The molecule has 11 heteroatoms. The molecule has 1 aliphatic rings. The summed E-state index contributed by atoms with van der Waals surface area (Å²) in [7, 11) is -1.94. The van der Waals surface area contributed by atoms with E-state index in [1.54, 1.807) is 18.5 Å². The van der Waals surface area contributed by atoms with Crippen molar-refractivity contribution in [3.63, 3.8) is 0 Å². The Kier molecular flexibility index (Phi) is 6.09. The largest absolute Gasteiger partial charge is 0.355 e. The number of hydrogen-bond acceptors (Lipinski definition) is 7. The van der Waals surface area contributed by atoms with Gasteiger partial charge >= 0.3 is 0 Å². The highest BCUT2D eigenvalue weighted by Gasteiger charge is 2.18. The average molecular weight is 529 g/mol. The van der Waals surface area contributed by atoms with E-state index in [2.05, 4.69) is 49.9 Å². The zero-order chi connectivity index (χ0) is 26.3. The first-order valence-corrected chi connectivity index (χ1v) is 14.2. The SMILES string of the molecule is CN(c1ncccc1Cn1ccc2cnc(Nc3ccc4[nH]c(C5=CCNCC5)cc4c3)nc21)S(C)(=O)=O. The molecule has 0 fully saturated rings. The van der Waals surface area contributed by atoms with Gasteiger partial charge in [-0.15, -0.1) is 0 Å². The van der Waals surface area contributed by atoms with Crippen molar-refractivity contribution >= 4 is 55.0 Å². The number of pyridine rings is 1. The predicted octanol–water partition coefficient (Wildman–Crippen LogP) is 3.87. The molecule has 0 aliphatic carbocycles. The number of fused-ring (bicyclic) bond motifs is 2. The van der Waals surface area contributed by atoms with Crippen molar-refractivity contribution in [1.29, 1.82) is 0 Å². The van der Waals surface area contributed by atoms with E-state index in [1.165, 1.54) is 16.9 Å². The van der Waals surface area contributed by atoms with Gasteiger partial charge in [-0.1, -0.05) is 12.1 Å². The molecular formula is C27H28N8O2S. The van der Waals surface area contributed by atoms with Gasteiger partial charge in [0.2, 0.25) is 16.0 Å². The quantitative estimate of drug-likeness (QED) is 0.293. The van der Waals surface area contributed by atoms with Crippen LogP contribution in [0.1, 0.15) is 17.7 Å². The number of hydrogen-bond donors (Lipinski definition) is 3. The summed E-state index contributed by atoms with van der Waals surface area (Å²) in [6.45, 7) is 2.30. The Morgan fingerprint density at radius 3 is 2.84 bits per heavy atom. The van der Waals surface area contributed by atoms with Crippen LogP contribution in [0.25, 0.3) is 27.5 Å². The highest BCUT2D eigenvalue weighted by atomic mass is 32.2. The fourth-order valence-electron chi connectivity index (χ4n) is 4.72. The average Bonchev–Trinajstić information content (AvgIpc) is 3.52. The third-order valence-corrected chi connectivity index (χ3v) is 7.96. The Labute approximate surface area is 220 Å². The third kappa shape index (κ3) is 4.73. The van der Waals surface area contributed by atoms with Crippen molar-refractivity contribution in [3.05, 3.63) is 78.4 Å². The van der Waals surface area contributed by atoms with Crippen molar-refractivity contribution in [2.75, 3.05) is 36.0 Å². The molecule has 0 spiro atoms. The number of rotatable bonds is 7. The van der Waals surface area contributed by atoms with E-state index in [-0.39, 0.29) is 0 Å². The van der Waals surface area contributed by atoms with E-state index in [1.807, 2.05) is 29.0 Å². The fourth-order valence-corrected chi connectivity index (χ4v) is 5.19. The predicted molar refractivity (Wildman–Crippen MR) is 151 cm³/mol. The van der Waals surface area contributed by atoms with Gasteiger partial charge in [0.15, 0.2) is 0 Å². The summed E-state index contributed by atoms with van der Waals surface area (Å²) in [6, 6.07) is 14.0. The number of anilines is 3. The van der Waals surface area contributed by atoms with E-state index in [0.717, 1.165) is 64.6 Å². The number of aromatic amines is 1. The number of aromatic nitrogens is 5. The van der Waals surface area contributed by atoms with Gasteiger partial charge < -0.3 is 20.2 Å². The lowest BCUT2D eigenvalue weighted by Gasteiger charge is -2.19. The number of nitrogens with one attached hydrogen (secondary N) is 3. The number of nitrogens with zero attached hydrogens (tertiary/aromatic N) is 5. The molecule has 0 radical (unpaired) electrons. The molecule has 194 valence electrons. The van der Waals surface area contributed by atoms with E-state index < -0.39 is 10.0 Å². The van der Waals surface area contributed by atoms with Crippen LogP contribution in [0.4, 0.5) is 17.5 Å². The van der Waals surface area contributed by atoms with Gasteiger partial charge in [0.1, 0.15) is 11.5 Å². The lowest BCUT2D eigenvalue weighted by atomic mass is 10.1. The van der Waals surface area contributed by atoms with Crippen molar-refractivity contribution in [1.82, 2.24) is 29.8 Å². The first-order valence-electron chi connectivity index (χ1n) is 12.3. The first kappa shape index (κ1) is 24.1. The monoisotopic (exact) mass is 528 g/mol. The van der Waals surface area contributed by atoms with E-state index >= 15 is 0 Å². The van der Waals surface area contributed by atoms with Crippen LogP contribution in [0.3, 0.4) is 0 Å². The molecule has 0 saturated carbocycles. The molecule has 5 heterocycles. The number of benzene rings is 1. The molecule has 4 aromatic heterocycles. The second-order valence-electron chi connectivity index (χ2n) is 9.43. The summed E-state index contributed by atoms with van der Waals surface area (Å²) in [5.41, 5.74) is 5.98. The molecule has 1 aliphatic heterocycles. The maximum absolute atomic E-state index is 12.1. The number of sulfonamides is 1. The molecule has 10 nitrogen and oxygen atoms in total. The van der Waals surface area contributed by atoms with Gasteiger partial charge in [-0.3, -0.25) is 4.31 Å². The second-order valence-corrected chi connectivity index (χ2v) is 11.4. The zero-order valence-corrected chi connectivity index (χ0v) is 22.0. The molecule has 1 aromatic carbocycles. The van der Waals surface area contributed by atoms with Gasteiger partial charge in [0.05, 0.1) is 12.8 Å². The summed E-state index contributed by atoms with van der Waals surface area (Å²) in [4.78, 5) is 17.1. The molecule has 0 unspecified atom stereocenters. The molecule has 0 amide bonds. The van der Waals surface area contributed by atoms with Gasteiger partial charge in [0.25, 0.3) is 0 Å². The van der Waals surface area contributed by atoms with Gasteiger partial charge in [-0.05, 0) is 54.9 Å². The minimum absolute atomic E-state index is 0.392. The van der Waals surface area contributed by atoms with Crippen molar-refractivity contribution < 1.29 is 8.42 Å². The fraction of sp³-hybridized carbons (Fsp3) is 0.222. The lowest BCUT2D eigenvalue weighted by molar-refractivity contribution is 0.599. The minimum Gasteiger partial charge on any atom is -0.355 e. The summed E-state index contributed by atoms with van der Waals surface area (Å²) < 4.78 is 27.4. The van der Waals surface area contributed by atoms with Crippen LogP contribution in [0.2, 0.25) is 0 Å². The summed E-state index contributed by atoms with van der Waals surface area (Å²) >= 11 is 0. The third-order valence-electron chi connectivity index (χ3n) is 6.79. The van der Waals surface area contributed by atoms with Crippen LogP contribution >= 0.6 is 0 Å². The standard InChI is InChI=1S/C27H28N8O2S/c1-34(38(2,36)37)25-20(4-3-10-29-25)17-35-13-9-19-16-30-27(33-26(19)35)31-22-5-6-23-21(14-22)15-24(32-23)18-7-11-28-12-8-18/h3-7,9-10,13-16,28,32H,8,11-12,17H2,1-2H3,(H,30,31,33). The minimum atomic E-state index is -3.44. The van der Waals surface area contributed by atoms with Gasteiger partial charge in [0, 0.05) is 65.4 Å². The first-order chi connectivity index (χ1) is 18.3. The lowest BCUT2D eigenvalue weighted by Crippen LogP contribution is -2.27. The summed E-state index contributed by atoms with van der Waals surface area (Å²) in [5, 5.41) is 8.69. The summed E-state index contributed by atoms with van der Waals surface area (Å²) in [5.74, 6) is 0.872. The Hall–Kier alpha value is -4.22. The molecule has 0 bridgehead atoms. The normalized spacial score (nSPS) is 14.1. The van der Waals surface area contributed by atoms with Crippen LogP contribution in [-0.4, -0.2) is 59.3 Å². The molecule has 6 rings (SSSR count). The molecule has 0 saturated heterocycles. The van der Waals surface area contributed by atoms with Crippen LogP contribution in [0.15, 0.2) is 67.1 Å². The highest BCUT2D eigenvalue weighted by Crippen LogP contribution is 2.28. The second kappa shape index (κ2) is 9.58. The maximum Gasteiger partial charge on any atom is 0.233 e. The summed E-state index contributed by atoms with van der Waals surface area (Å²) in [6.07, 6.45) is 9.70. The zero-order valence-electron chi connectivity index (χ0n) is 21.1. The van der Waals surface area contributed by atoms with Gasteiger partial charge in [-0.25, -0.2) is 18.4 Å². The maximum atomic E-state index is 12.1. The molecular weight excluding hydrogens is 500 g/mol. The number of H-pyrrole nitrogens is 1. The van der Waals surface area contributed by atoms with Crippen molar-refractivity contribution in [2.24, 2.45) is 0 Å². The van der Waals surface area contributed by atoms with Crippen LogP contribution in [0.5, 0.6) is 0 Å². The van der Waals surface area contributed by atoms with Gasteiger partial charge in [-0.2, -0.15) is 4.98 Å². The Balaban J connectivity index is 1.27. The molecule has 3 N–H and O–H groups in total. The van der Waals surface area contributed by atoms with E-state index in [9.17, 15) is 8.42 Å². The van der Waals surface area contributed by atoms with E-state index in [4.69, 9.17) is 4.98 Å². The molecule has 38 heavy (non-hydrogen) atoms. The van der Waals surface area contributed by atoms with Crippen LogP contribution in [-0.2, 0) is 16.6 Å². The molecule has 0 atom stereocenters. The van der Waals surface area contributed by atoms with Crippen molar-refractivity contribution in [2.45, 2.75) is 13.0 Å². The topological polar surface area (TPSA) is 121 Å². The Morgan fingerprint density at radius 1 is 1.13 bits per heavy atom. The Morgan fingerprint density at radius 2 is 2.03 bits per heavy atom. The van der Waals surface area contributed by atoms with Crippen molar-refractivity contribution in [3.8, 4) is 0 Å². The Bertz CT molecular complexity index is 1790. The van der Waals surface area contributed by atoms with Crippen LogP contribution in [0, 0.1) is 0 Å². The van der Waals surface area contributed by atoms with E-state index in [0.29, 0.717) is 18.3 Å². The smallest absolute Gasteiger partial charge is 0.233 e. The highest BCUT2D eigenvalue weighted by molar-refractivity contribution is 7.92. The molecule has 5 aromatic rings. The van der Waals surface area contributed by atoms with Crippen LogP contribution < -0.4 is 14.9 Å².